The van der Waals surface area contributed by atoms with Gasteiger partial charge in [0, 0.05) is 6.61 Å². The van der Waals surface area contributed by atoms with Gasteiger partial charge in [-0.1, -0.05) is 18.2 Å². The molecule has 0 fully saturated rings. The second-order valence-corrected chi connectivity index (χ2v) is 3.06. The van der Waals surface area contributed by atoms with Crippen LogP contribution >= 0.6 is 0 Å². The molecule has 0 amide bonds. The maximum Gasteiger partial charge on any atom is 0.191 e. The molecule has 3 heteroatoms. The number of para-hydroxylation sites is 1. The molecule has 0 bridgehead atoms. The summed E-state index contributed by atoms with van der Waals surface area (Å²) in [5, 5.41) is 0. The van der Waals surface area contributed by atoms with Crippen LogP contribution in [0.3, 0.4) is 0 Å². The Morgan fingerprint density at radius 3 is 2.67 bits per heavy atom. The first kappa shape index (κ1) is 12.0. The lowest BCUT2D eigenvalue weighted by Crippen LogP contribution is -2.16. The van der Waals surface area contributed by atoms with Gasteiger partial charge in [0.1, 0.15) is 5.75 Å². The van der Waals surface area contributed by atoms with E-state index in [-0.39, 0.29) is 13.1 Å². The van der Waals surface area contributed by atoms with Gasteiger partial charge in [0.15, 0.2) is 13.1 Å². The van der Waals surface area contributed by atoms with E-state index in [1.165, 1.54) is 0 Å². The quantitative estimate of drug-likeness (QED) is 0.674. The van der Waals surface area contributed by atoms with Gasteiger partial charge in [0.25, 0.3) is 0 Å². The van der Waals surface area contributed by atoms with E-state index in [0.29, 0.717) is 6.61 Å². The Balaban J connectivity index is 2.29. The second kappa shape index (κ2) is 6.43. The fourth-order valence-corrected chi connectivity index (χ4v) is 1.12. The Labute approximate surface area is 91.0 Å². The number of ether oxygens (including phenoxy) is 3. The highest BCUT2D eigenvalue weighted by molar-refractivity contribution is 5.35. The summed E-state index contributed by atoms with van der Waals surface area (Å²) in [6.45, 7) is 8.41. The third-order valence-electron chi connectivity index (χ3n) is 1.89. The van der Waals surface area contributed by atoms with Crippen molar-refractivity contribution in [2.24, 2.45) is 0 Å². The second-order valence-electron chi connectivity index (χ2n) is 3.06. The first-order valence-electron chi connectivity index (χ1n) is 5.01. The average Bonchev–Trinajstić information content (AvgIpc) is 2.21. The van der Waals surface area contributed by atoms with Crippen molar-refractivity contribution >= 4 is 0 Å². The van der Waals surface area contributed by atoms with E-state index in [2.05, 4.69) is 6.92 Å². The average molecular weight is 209 g/mol. The lowest BCUT2D eigenvalue weighted by atomic mass is 10.2. The predicted molar refractivity (Wildman–Crippen MR) is 58.6 cm³/mol. The molecule has 1 unspecified atom stereocenters. The first-order chi connectivity index (χ1) is 7.24. The summed E-state index contributed by atoms with van der Waals surface area (Å²) in [6, 6.07) is 7.56. The van der Waals surface area contributed by atoms with E-state index in [9.17, 15) is 0 Å². The van der Waals surface area contributed by atoms with Crippen LogP contribution in [0.1, 0.15) is 19.4 Å². The minimum Gasteiger partial charge on any atom is -0.467 e. The molecule has 0 saturated heterocycles. The predicted octanol–water partition coefficient (Wildman–Crippen LogP) is 2.60. The largest absolute Gasteiger partial charge is 0.467 e. The highest BCUT2D eigenvalue weighted by atomic mass is 16.7. The summed E-state index contributed by atoms with van der Waals surface area (Å²) in [6.07, 6.45) is -0.244. The van der Waals surface area contributed by atoms with E-state index in [1.807, 2.05) is 38.1 Å². The topological polar surface area (TPSA) is 27.7 Å². The van der Waals surface area contributed by atoms with Crippen LogP contribution in [0.25, 0.3) is 0 Å². The van der Waals surface area contributed by atoms with Crippen LogP contribution in [0.15, 0.2) is 24.3 Å². The van der Waals surface area contributed by atoms with E-state index in [1.54, 1.807) is 0 Å². The summed E-state index contributed by atoms with van der Waals surface area (Å²) < 4.78 is 15.9. The van der Waals surface area contributed by atoms with Crippen LogP contribution in [0, 0.1) is 6.92 Å². The Morgan fingerprint density at radius 1 is 1.27 bits per heavy atom. The van der Waals surface area contributed by atoms with Gasteiger partial charge < -0.3 is 14.2 Å². The van der Waals surface area contributed by atoms with Gasteiger partial charge in [0.2, 0.25) is 0 Å². The van der Waals surface area contributed by atoms with Gasteiger partial charge >= 0.3 is 0 Å². The molecule has 1 rings (SSSR count). The molecular formula is C12H17O3. The van der Waals surface area contributed by atoms with Crippen LogP contribution in [-0.2, 0) is 9.47 Å². The molecular weight excluding hydrogens is 192 g/mol. The van der Waals surface area contributed by atoms with Gasteiger partial charge in [-0.25, -0.2) is 0 Å². The smallest absolute Gasteiger partial charge is 0.191 e. The van der Waals surface area contributed by atoms with Crippen molar-refractivity contribution in [3.63, 3.8) is 0 Å². The summed E-state index contributed by atoms with van der Waals surface area (Å²) in [5.41, 5.74) is 0.852. The first-order valence-corrected chi connectivity index (χ1v) is 5.01. The van der Waals surface area contributed by atoms with Crippen LogP contribution in [0.5, 0.6) is 5.75 Å². The Kier molecular flexibility index (Phi) is 5.15. The van der Waals surface area contributed by atoms with Crippen molar-refractivity contribution in [3.05, 3.63) is 36.8 Å². The maximum atomic E-state index is 5.39. The molecule has 1 atom stereocenters. The minimum absolute atomic E-state index is 0.174. The zero-order chi connectivity index (χ0) is 11.1. The van der Waals surface area contributed by atoms with E-state index in [4.69, 9.17) is 14.2 Å². The van der Waals surface area contributed by atoms with E-state index in [0.717, 1.165) is 11.3 Å². The van der Waals surface area contributed by atoms with Crippen molar-refractivity contribution in [2.45, 2.75) is 20.1 Å². The lowest BCUT2D eigenvalue weighted by Gasteiger charge is -2.14. The van der Waals surface area contributed by atoms with Gasteiger partial charge in [-0.05, 0) is 32.4 Å². The van der Waals surface area contributed by atoms with E-state index < -0.39 is 0 Å². The monoisotopic (exact) mass is 209 g/mol. The van der Waals surface area contributed by atoms with Gasteiger partial charge in [0.05, 0.1) is 0 Å². The molecule has 83 valence electrons. The summed E-state index contributed by atoms with van der Waals surface area (Å²) >= 11 is 0. The Morgan fingerprint density at radius 2 is 2.00 bits per heavy atom. The molecule has 0 aromatic heterocycles. The molecule has 1 aromatic carbocycles. The van der Waals surface area contributed by atoms with Crippen molar-refractivity contribution in [3.8, 4) is 5.75 Å². The Bertz CT molecular complexity index is 286. The molecule has 15 heavy (non-hydrogen) atoms. The molecule has 0 aliphatic rings. The summed E-state index contributed by atoms with van der Waals surface area (Å²) in [4.78, 5) is 0. The molecule has 0 heterocycles. The zero-order valence-electron chi connectivity index (χ0n) is 9.23. The molecule has 0 N–H and O–H groups in total. The van der Waals surface area contributed by atoms with Crippen LogP contribution in [0.4, 0.5) is 0 Å². The Hall–Kier alpha value is -1.06. The zero-order valence-corrected chi connectivity index (χ0v) is 9.23. The number of hydrogen-bond donors (Lipinski definition) is 0. The third kappa shape index (κ3) is 4.32. The normalized spacial score (nSPS) is 12.5. The molecule has 0 aliphatic heterocycles. The van der Waals surface area contributed by atoms with Gasteiger partial charge in [-0.15, -0.1) is 0 Å². The summed E-state index contributed by atoms with van der Waals surface area (Å²) in [5.74, 6) is 0.737. The van der Waals surface area contributed by atoms with Crippen molar-refractivity contribution in [1.29, 1.82) is 0 Å². The van der Waals surface area contributed by atoms with Crippen molar-refractivity contribution < 1.29 is 14.2 Å². The van der Waals surface area contributed by atoms with Crippen molar-refractivity contribution in [1.82, 2.24) is 0 Å². The molecule has 3 nitrogen and oxygen atoms in total. The minimum atomic E-state index is -0.244. The highest BCUT2D eigenvalue weighted by Gasteiger charge is 2.01. The fourth-order valence-electron chi connectivity index (χ4n) is 1.12. The molecule has 1 aromatic rings. The number of benzene rings is 1. The molecule has 1 radical (unpaired) electrons. The molecule has 0 aliphatic carbocycles. The van der Waals surface area contributed by atoms with Crippen LogP contribution in [0.2, 0.25) is 0 Å². The van der Waals surface area contributed by atoms with Gasteiger partial charge in [-0.3, -0.25) is 0 Å². The number of rotatable bonds is 6. The maximum absolute atomic E-state index is 5.39. The van der Waals surface area contributed by atoms with Crippen molar-refractivity contribution in [2.75, 3.05) is 13.4 Å². The lowest BCUT2D eigenvalue weighted by molar-refractivity contribution is -0.161. The van der Waals surface area contributed by atoms with Crippen LogP contribution < -0.4 is 4.74 Å². The standard InChI is InChI=1S/C12H17O3/c1-4-13-11(3)14-9-15-12-8-6-5-7-10(12)2/h5-8,11H,2,4,9H2,1,3H3. The third-order valence-corrected chi connectivity index (χ3v) is 1.89. The summed E-state index contributed by atoms with van der Waals surface area (Å²) in [7, 11) is 0. The van der Waals surface area contributed by atoms with Gasteiger partial charge in [-0.2, -0.15) is 0 Å². The van der Waals surface area contributed by atoms with E-state index >= 15 is 0 Å². The fraction of sp³-hybridized carbons (Fsp3) is 0.417. The highest BCUT2D eigenvalue weighted by Crippen LogP contribution is 2.16. The SMILES string of the molecule is [CH2]c1ccccc1OCOC(C)OCC. The molecule has 0 spiro atoms. The van der Waals surface area contributed by atoms with Crippen LogP contribution in [-0.4, -0.2) is 19.7 Å². The molecule has 0 saturated carbocycles. The number of hydrogen-bond acceptors (Lipinski definition) is 3.